The van der Waals surface area contributed by atoms with E-state index in [1.54, 1.807) is 0 Å². The van der Waals surface area contributed by atoms with Gasteiger partial charge in [-0.15, -0.1) is 24.8 Å². The standard InChI is InChI=1S/2C9H7.4CH3.2ClH.Hf.2H2Si/c2*1-2-5-9-7-3-6-8(9)4-1;;;;;;;;;/h2*1-7H;4*1H3;2*1H;;2*1H2. The molecular weight excluding hydrogens is 570 g/mol. The Labute approximate surface area is 170 Å². The van der Waals surface area contributed by atoms with Crippen LogP contribution in [-0.4, -0.2) is 13.9 Å². The zero-order valence-electron chi connectivity index (χ0n) is 16.8. The van der Waals surface area contributed by atoms with Crippen molar-refractivity contribution < 1.29 is 11.3 Å². The van der Waals surface area contributed by atoms with Gasteiger partial charge in [-0.05, 0) is 0 Å². The molecule has 0 saturated carbocycles. The van der Waals surface area contributed by atoms with Crippen LogP contribution in [0, 0.1) is 0 Å². The molecule has 27 heavy (non-hydrogen) atoms. The van der Waals surface area contributed by atoms with E-state index >= 15 is 0 Å². The third-order valence-electron chi connectivity index (χ3n) is 7.33. The summed E-state index contributed by atoms with van der Waals surface area (Å²) in [6.45, 7) is 4.77. The molecule has 0 spiro atoms. The molecule has 0 nitrogen and oxygen atoms in total. The van der Waals surface area contributed by atoms with Crippen LogP contribution in [0.15, 0.2) is 60.7 Å². The first-order valence-corrected chi connectivity index (χ1v) is 44.6. The fourth-order valence-corrected chi connectivity index (χ4v) is 43.0. The van der Waals surface area contributed by atoms with Crippen LogP contribution < -0.4 is 0 Å². The molecule has 0 aromatic heterocycles. The van der Waals surface area contributed by atoms with Crippen molar-refractivity contribution in [1.29, 1.82) is 0 Å². The van der Waals surface area contributed by atoms with Gasteiger partial charge in [-0.25, -0.2) is 0 Å². The maximum absolute atomic E-state index is 4.84. The first-order chi connectivity index (χ1) is 11.1. The topological polar surface area (TPSA) is 0 Å². The third kappa shape index (κ3) is 3.18. The van der Waals surface area contributed by atoms with Crippen molar-refractivity contribution in [3.8, 4) is 0 Å². The summed E-state index contributed by atoms with van der Waals surface area (Å²) in [5.41, 5.74) is 5.85. The Kier molecular flexibility index (Phi) is 4.06. The number of allylic oxidation sites excluding steroid dienone is 2. The molecular formula is C22H32Cl2HfSi2. The molecule has 146 valence electrons. The molecule has 2 aliphatic rings. The van der Waals surface area contributed by atoms with Crippen molar-refractivity contribution in [1.82, 2.24) is 0 Å². The van der Waals surface area contributed by atoms with Gasteiger partial charge in [0.25, 0.3) is 0 Å². The summed E-state index contributed by atoms with van der Waals surface area (Å²) in [7, 11) is 0. The van der Waals surface area contributed by atoms with Crippen LogP contribution in [-0.2, 0) is 11.3 Å². The van der Waals surface area contributed by atoms with Crippen LogP contribution in [0.5, 0.6) is 0 Å². The van der Waals surface area contributed by atoms with Crippen LogP contribution in [0.2, 0.25) is 18.7 Å². The molecule has 0 amide bonds. The van der Waals surface area contributed by atoms with Crippen LogP contribution in [0.1, 0.15) is 29.6 Å². The fourth-order valence-electron chi connectivity index (χ4n) is 5.71. The van der Waals surface area contributed by atoms with E-state index < -0.39 is 11.3 Å². The Morgan fingerprint density at radius 2 is 0.963 bits per heavy atom. The van der Waals surface area contributed by atoms with Crippen molar-refractivity contribution in [3.05, 3.63) is 82.9 Å². The Hall–Kier alpha value is -0.196. The molecule has 0 aliphatic heterocycles. The summed E-state index contributed by atoms with van der Waals surface area (Å²) in [5, 5.41) is 0. The van der Waals surface area contributed by atoms with Gasteiger partial charge in [0.2, 0.25) is 0 Å². The molecule has 2 aliphatic carbocycles. The fraction of sp³-hybridized carbons (Fsp3) is 0.273. The van der Waals surface area contributed by atoms with Gasteiger partial charge < -0.3 is 0 Å². The van der Waals surface area contributed by atoms with E-state index in [0.717, 1.165) is 0 Å². The molecule has 2 aromatic rings. The van der Waals surface area contributed by atoms with Gasteiger partial charge in [0.05, 0.1) is 0 Å². The van der Waals surface area contributed by atoms with Crippen LogP contribution in [0.25, 0.3) is 12.2 Å². The monoisotopic (exact) mass is 602 g/mol. The first kappa shape index (κ1) is 23.1. The van der Waals surface area contributed by atoms with Crippen molar-refractivity contribution >= 4 is 50.8 Å². The van der Waals surface area contributed by atoms with E-state index in [1.807, 2.05) is 0 Å². The number of benzene rings is 2. The molecule has 5 heteroatoms. The number of hydrogen-bond acceptors (Lipinski definition) is 0. The summed E-state index contributed by atoms with van der Waals surface area (Å²) < 4.78 is 11.7. The quantitative estimate of drug-likeness (QED) is 0.373. The second-order valence-corrected chi connectivity index (χ2v) is 162. The van der Waals surface area contributed by atoms with Gasteiger partial charge in [-0.2, -0.15) is 0 Å². The Bertz CT molecular complexity index is 1190. The number of hydrogen-bond donors (Lipinski definition) is 0. The van der Waals surface area contributed by atoms with Crippen molar-refractivity contribution in [2.75, 3.05) is 0 Å². The molecule has 0 radical (unpaired) electrons. The van der Waals surface area contributed by atoms with Gasteiger partial charge in [0.1, 0.15) is 0 Å². The van der Waals surface area contributed by atoms with Gasteiger partial charge in [-0.1, -0.05) is 0 Å². The van der Waals surface area contributed by atoms with Gasteiger partial charge in [-0.3, -0.25) is 0 Å². The molecule has 0 bridgehead atoms. The molecule has 2 atom stereocenters. The van der Waals surface area contributed by atoms with Crippen LogP contribution in [0.4, 0.5) is 0 Å². The Balaban J connectivity index is 0.00000131. The summed E-state index contributed by atoms with van der Waals surface area (Å²) in [4.78, 5) is 0. The summed E-state index contributed by atoms with van der Waals surface area (Å²) in [6, 6.07) is 18.0. The first-order valence-electron chi connectivity index (χ1n) is 9.43. The third-order valence-corrected chi connectivity index (χ3v) is 52.1. The predicted octanol–water partition coefficient (Wildman–Crippen LogP) is 5.95. The molecule has 0 heterocycles. The van der Waals surface area contributed by atoms with E-state index in [9.17, 15) is 0 Å². The maximum atomic E-state index is 2.70. The molecule has 2 unspecified atom stereocenters. The van der Waals surface area contributed by atoms with E-state index in [1.165, 1.54) is 22.3 Å². The van der Waals surface area contributed by atoms with Crippen molar-refractivity contribution in [3.63, 3.8) is 0 Å². The SMILES string of the molecule is Cl.Cl.[CH3][Hf]([CH3])([CH3])([CH3])(=[SiH2])(=[SiH2])([CH]1C=Cc2ccccc21)[CH]1C=Cc2ccccc21. The average molecular weight is 602 g/mol. The second kappa shape index (κ2) is 4.75. The van der Waals surface area contributed by atoms with Gasteiger partial charge >= 0.3 is 146 Å². The summed E-state index contributed by atoms with van der Waals surface area (Å²) in [6.07, 6.45) is 9.76. The Morgan fingerprint density at radius 3 is 1.33 bits per heavy atom. The second-order valence-electron chi connectivity index (χ2n) is 14.3. The van der Waals surface area contributed by atoms with E-state index in [4.69, 9.17) is 0 Å². The zero-order chi connectivity index (χ0) is 18.3. The van der Waals surface area contributed by atoms with E-state index in [0.29, 0.717) is 7.35 Å². The summed E-state index contributed by atoms with van der Waals surface area (Å²) >= 11 is -4.84. The van der Waals surface area contributed by atoms with E-state index in [-0.39, 0.29) is 24.8 Å². The normalized spacial score (nSPS) is 25.5. The number of fused-ring (bicyclic) bond motifs is 2. The molecule has 2 aromatic carbocycles. The van der Waals surface area contributed by atoms with Crippen molar-refractivity contribution in [2.45, 2.75) is 26.1 Å². The van der Waals surface area contributed by atoms with E-state index in [2.05, 4.69) is 105 Å². The predicted molar refractivity (Wildman–Crippen MR) is 131 cm³/mol. The molecule has 0 saturated heterocycles. The van der Waals surface area contributed by atoms with Gasteiger partial charge in [0.15, 0.2) is 0 Å². The minimum atomic E-state index is -4.84. The Morgan fingerprint density at radius 1 is 0.630 bits per heavy atom. The molecule has 4 rings (SSSR count). The van der Waals surface area contributed by atoms with Crippen LogP contribution in [0.3, 0.4) is 0 Å². The summed E-state index contributed by atoms with van der Waals surface area (Å²) in [5.74, 6) is 0. The average Bonchev–Trinajstić information content (AvgIpc) is 3.11. The minimum absolute atomic E-state index is 0. The number of rotatable bonds is 2. The molecule has 0 fully saturated rings. The van der Waals surface area contributed by atoms with Crippen LogP contribution >= 0.6 is 24.8 Å². The zero-order valence-corrected chi connectivity index (χ0v) is 24.9. The molecule has 0 N–H and O–H groups in total. The van der Waals surface area contributed by atoms with Gasteiger partial charge in [0, 0.05) is 0 Å². The number of halogens is 2. The van der Waals surface area contributed by atoms with Crippen molar-refractivity contribution in [2.24, 2.45) is 0 Å².